The summed E-state index contributed by atoms with van der Waals surface area (Å²) >= 11 is 11.3. The number of esters is 1. The average molecular weight is 493 g/mol. The van der Waals surface area contributed by atoms with E-state index >= 15 is 0 Å². The number of ether oxygens (including phenoxy) is 1. The number of azo groups is 1. The number of rotatable bonds is 6. The van der Waals surface area contributed by atoms with Gasteiger partial charge in [0, 0.05) is 16.1 Å². The van der Waals surface area contributed by atoms with Crippen molar-refractivity contribution in [3.8, 4) is 5.88 Å². The van der Waals surface area contributed by atoms with E-state index in [1.165, 1.54) is 0 Å². The molecule has 3 aromatic carbocycles. The number of nitrogens with one attached hydrogen (secondary N) is 1. The first-order chi connectivity index (χ1) is 16.5. The predicted octanol–water partition coefficient (Wildman–Crippen LogP) is 6.71. The van der Waals surface area contributed by atoms with Crippen molar-refractivity contribution in [3.63, 3.8) is 0 Å². The standard InChI is InChI=1S/C25H21ClN4O3S/c1-2-33-24(32)17-9-13-19(14-10-17)27-25(34)29-28-22-20-5-3-4-6-21(20)30(23(22)31)15-16-7-11-18(26)12-8-16/h3-14,31H,2,15H2,1H3,(H,27,34). The summed E-state index contributed by atoms with van der Waals surface area (Å²) in [7, 11) is 0. The molecular weight excluding hydrogens is 472 g/mol. The van der Waals surface area contributed by atoms with E-state index in [1.54, 1.807) is 35.8 Å². The summed E-state index contributed by atoms with van der Waals surface area (Å²) in [4.78, 5) is 11.8. The maximum absolute atomic E-state index is 11.8. The zero-order valence-corrected chi connectivity index (χ0v) is 19.8. The quantitative estimate of drug-likeness (QED) is 0.177. The van der Waals surface area contributed by atoms with Crippen LogP contribution in [0.3, 0.4) is 0 Å². The summed E-state index contributed by atoms with van der Waals surface area (Å²) in [6.45, 7) is 2.50. The fourth-order valence-electron chi connectivity index (χ4n) is 3.45. The molecule has 0 unspecified atom stereocenters. The van der Waals surface area contributed by atoms with Crippen molar-refractivity contribution in [2.24, 2.45) is 10.2 Å². The van der Waals surface area contributed by atoms with Gasteiger partial charge in [-0.3, -0.25) is 0 Å². The number of para-hydroxylation sites is 1. The van der Waals surface area contributed by atoms with Crippen LogP contribution in [0.15, 0.2) is 83.0 Å². The summed E-state index contributed by atoms with van der Waals surface area (Å²) in [5.74, 6) is -0.400. The van der Waals surface area contributed by atoms with Gasteiger partial charge in [-0.25, -0.2) is 4.79 Å². The molecule has 0 atom stereocenters. The molecule has 0 saturated carbocycles. The Morgan fingerprint density at radius 1 is 1.09 bits per heavy atom. The number of nitrogens with zero attached hydrogens (tertiary/aromatic N) is 3. The van der Waals surface area contributed by atoms with Crippen LogP contribution in [0.1, 0.15) is 22.8 Å². The minimum Gasteiger partial charge on any atom is -0.493 e. The lowest BCUT2D eigenvalue weighted by Crippen LogP contribution is -2.07. The van der Waals surface area contributed by atoms with E-state index < -0.39 is 0 Å². The first-order valence-electron chi connectivity index (χ1n) is 10.5. The van der Waals surface area contributed by atoms with Crippen LogP contribution < -0.4 is 5.32 Å². The van der Waals surface area contributed by atoms with Crippen molar-refractivity contribution >= 4 is 57.2 Å². The maximum Gasteiger partial charge on any atom is 0.338 e. The highest BCUT2D eigenvalue weighted by atomic mass is 35.5. The zero-order chi connectivity index (χ0) is 24.1. The number of aromatic nitrogens is 1. The third-order valence-corrected chi connectivity index (χ3v) is 5.50. The summed E-state index contributed by atoms with van der Waals surface area (Å²) in [6, 6.07) is 21.6. The van der Waals surface area contributed by atoms with Crippen molar-refractivity contribution in [2.75, 3.05) is 11.9 Å². The summed E-state index contributed by atoms with van der Waals surface area (Å²) in [5, 5.41) is 23.7. The Bertz CT molecular complexity index is 1370. The molecule has 1 aromatic heterocycles. The van der Waals surface area contributed by atoms with Crippen molar-refractivity contribution in [2.45, 2.75) is 13.5 Å². The Kier molecular flexibility index (Phi) is 7.20. The lowest BCUT2D eigenvalue weighted by Gasteiger charge is -2.07. The van der Waals surface area contributed by atoms with Gasteiger partial charge in [-0.05, 0) is 67.2 Å². The fraction of sp³-hybridized carbons (Fsp3) is 0.120. The van der Waals surface area contributed by atoms with E-state index in [9.17, 15) is 9.90 Å². The SMILES string of the molecule is CCOC(=O)c1ccc(NC(=S)N=Nc2c(O)n(Cc3ccc(Cl)cc3)c3ccccc23)cc1. The van der Waals surface area contributed by atoms with E-state index in [1.807, 2.05) is 48.5 Å². The fourth-order valence-corrected chi connectivity index (χ4v) is 3.74. The van der Waals surface area contributed by atoms with Crippen LogP contribution in [-0.4, -0.2) is 27.4 Å². The summed E-state index contributed by atoms with van der Waals surface area (Å²) < 4.78 is 6.74. The van der Waals surface area contributed by atoms with Gasteiger partial charge in [-0.1, -0.05) is 41.9 Å². The van der Waals surface area contributed by atoms with Crippen LogP contribution in [0.25, 0.3) is 10.9 Å². The number of hydrogen-bond acceptors (Lipinski definition) is 5. The van der Waals surface area contributed by atoms with Gasteiger partial charge in [0.2, 0.25) is 11.0 Å². The number of carbonyl (C=O) groups is 1. The first-order valence-corrected chi connectivity index (χ1v) is 11.3. The van der Waals surface area contributed by atoms with Crippen LogP contribution in [0, 0.1) is 0 Å². The van der Waals surface area contributed by atoms with Crippen LogP contribution >= 0.6 is 23.8 Å². The second-order valence-electron chi connectivity index (χ2n) is 7.33. The molecule has 4 aromatic rings. The van der Waals surface area contributed by atoms with Crippen molar-refractivity contribution in [1.82, 2.24) is 4.57 Å². The maximum atomic E-state index is 11.8. The Labute approximate surface area is 206 Å². The highest BCUT2D eigenvalue weighted by Gasteiger charge is 2.17. The van der Waals surface area contributed by atoms with Crippen LogP contribution in [0.2, 0.25) is 5.02 Å². The minimum absolute atomic E-state index is 0.0125. The number of thiocarbonyl (C=S) groups is 1. The van der Waals surface area contributed by atoms with Gasteiger partial charge in [0.05, 0.1) is 24.2 Å². The van der Waals surface area contributed by atoms with E-state index in [0.717, 1.165) is 16.5 Å². The molecule has 2 N–H and O–H groups in total. The van der Waals surface area contributed by atoms with Gasteiger partial charge in [0.15, 0.2) is 5.69 Å². The minimum atomic E-state index is -0.387. The van der Waals surface area contributed by atoms with Crippen LogP contribution in [-0.2, 0) is 11.3 Å². The van der Waals surface area contributed by atoms with Gasteiger partial charge in [0.1, 0.15) is 0 Å². The number of anilines is 1. The molecule has 172 valence electrons. The topological polar surface area (TPSA) is 88.2 Å². The zero-order valence-electron chi connectivity index (χ0n) is 18.2. The van der Waals surface area contributed by atoms with Crippen molar-refractivity contribution in [1.29, 1.82) is 0 Å². The molecule has 0 spiro atoms. The van der Waals surface area contributed by atoms with Gasteiger partial charge in [-0.15, -0.1) is 10.2 Å². The van der Waals surface area contributed by atoms with E-state index in [-0.39, 0.29) is 17.0 Å². The normalized spacial score (nSPS) is 11.1. The largest absolute Gasteiger partial charge is 0.493 e. The molecule has 7 nitrogen and oxygen atoms in total. The molecule has 9 heteroatoms. The third-order valence-electron chi connectivity index (χ3n) is 5.06. The van der Waals surface area contributed by atoms with Crippen LogP contribution in [0.5, 0.6) is 5.88 Å². The number of aromatic hydroxyl groups is 1. The Morgan fingerprint density at radius 3 is 2.50 bits per heavy atom. The Morgan fingerprint density at radius 2 is 1.79 bits per heavy atom. The smallest absolute Gasteiger partial charge is 0.338 e. The number of carbonyl (C=O) groups excluding carboxylic acids is 1. The lowest BCUT2D eigenvalue weighted by molar-refractivity contribution is 0.0526. The highest BCUT2D eigenvalue weighted by molar-refractivity contribution is 7.80. The van der Waals surface area contributed by atoms with Crippen molar-refractivity contribution in [3.05, 3.63) is 88.9 Å². The Hall–Kier alpha value is -3.75. The number of hydrogen-bond donors (Lipinski definition) is 2. The molecule has 0 amide bonds. The van der Waals surface area contributed by atoms with Crippen LogP contribution in [0.4, 0.5) is 11.4 Å². The monoisotopic (exact) mass is 492 g/mol. The lowest BCUT2D eigenvalue weighted by atomic mass is 10.2. The molecule has 34 heavy (non-hydrogen) atoms. The van der Waals surface area contributed by atoms with Gasteiger partial charge in [0.25, 0.3) is 0 Å². The second-order valence-corrected chi connectivity index (χ2v) is 8.15. The summed E-state index contributed by atoms with van der Waals surface area (Å²) in [6.07, 6.45) is 0. The molecule has 4 rings (SSSR count). The number of benzene rings is 3. The van der Waals surface area contributed by atoms with Crippen molar-refractivity contribution < 1.29 is 14.6 Å². The molecule has 1 heterocycles. The predicted molar refractivity (Wildman–Crippen MR) is 137 cm³/mol. The Balaban J connectivity index is 1.54. The molecule has 0 saturated heterocycles. The highest BCUT2D eigenvalue weighted by Crippen LogP contribution is 2.39. The molecule has 0 aliphatic heterocycles. The van der Waals surface area contributed by atoms with Gasteiger partial charge >= 0.3 is 5.97 Å². The third kappa shape index (κ3) is 5.24. The van der Waals surface area contributed by atoms with Gasteiger partial charge < -0.3 is 19.7 Å². The summed E-state index contributed by atoms with van der Waals surface area (Å²) in [5.41, 5.74) is 3.21. The van der Waals surface area contributed by atoms with E-state index in [2.05, 4.69) is 15.5 Å². The number of fused-ring (bicyclic) bond motifs is 1. The molecule has 0 bridgehead atoms. The molecule has 0 aliphatic carbocycles. The molecular formula is C25H21ClN4O3S. The molecule has 0 aliphatic rings. The molecule has 0 fully saturated rings. The van der Waals surface area contributed by atoms with Gasteiger partial charge in [-0.2, -0.15) is 0 Å². The molecule has 0 radical (unpaired) electrons. The average Bonchev–Trinajstić information content (AvgIpc) is 3.10. The van der Waals surface area contributed by atoms with E-state index in [4.69, 9.17) is 28.6 Å². The first kappa shape index (κ1) is 23.4. The number of halogens is 1. The van der Waals surface area contributed by atoms with E-state index in [0.29, 0.717) is 35.1 Å². The second kappa shape index (κ2) is 10.5.